The lowest BCUT2D eigenvalue weighted by Crippen LogP contribution is -2.16. The number of amides is 1. The Hall–Kier alpha value is -2.89. The molecule has 1 unspecified atom stereocenters. The van der Waals surface area contributed by atoms with E-state index in [0.29, 0.717) is 33.8 Å². The van der Waals surface area contributed by atoms with Crippen molar-refractivity contribution in [2.24, 2.45) is 0 Å². The van der Waals surface area contributed by atoms with Crippen molar-refractivity contribution in [1.29, 1.82) is 0 Å². The van der Waals surface area contributed by atoms with Gasteiger partial charge in [-0.2, -0.15) is 0 Å². The van der Waals surface area contributed by atoms with Crippen molar-refractivity contribution in [3.63, 3.8) is 0 Å². The number of halogens is 2. The van der Waals surface area contributed by atoms with E-state index in [1.165, 1.54) is 42.3 Å². The Kier molecular flexibility index (Phi) is 8.48. The van der Waals surface area contributed by atoms with E-state index in [0.717, 1.165) is 6.07 Å². The number of hydrogen-bond donors (Lipinski definition) is 1. The van der Waals surface area contributed by atoms with Crippen molar-refractivity contribution in [2.75, 3.05) is 18.2 Å². The van der Waals surface area contributed by atoms with Crippen LogP contribution in [0.1, 0.15) is 29.2 Å². The maximum atomic E-state index is 13.3. The fraction of sp³-hybridized carbons (Fsp3) is 0.238. The smallest absolute Gasteiger partial charge is 0.340 e. The van der Waals surface area contributed by atoms with Crippen molar-refractivity contribution in [1.82, 2.24) is 14.8 Å². The summed E-state index contributed by atoms with van der Waals surface area (Å²) >= 11 is 8.45. The number of carbonyl (C=O) groups excluding carboxylic acids is 2. The Balaban J connectivity index is 1.69. The van der Waals surface area contributed by atoms with Gasteiger partial charge in [-0.1, -0.05) is 29.4 Å². The second kappa shape index (κ2) is 11.3. The van der Waals surface area contributed by atoms with Crippen molar-refractivity contribution in [3.8, 4) is 5.75 Å². The third kappa shape index (κ3) is 6.12. The second-order valence-electron chi connectivity index (χ2n) is 6.57. The quantitative estimate of drug-likeness (QED) is 0.233. The lowest BCUT2D eigenvalue weighted by atomic mass is 10.3. The number of thiophene rings is 1. The molecule has 0 radical (unpaired) electrons. The number of benzene rings is 1. The minimum absolute atomic E-state index is 0.0345. The largest absolute Gasteiger partial charge is 0.481 e. The minimum Gasteiger partial charge on any atom is -0.481 e. The van der Waals surface area contributed by atoms with Gasteiger partial charge in [0.25, 0.3) is 0 Å². The molecular weight excluding hydrogens is 491 g/mol. The minimum atomic E-state index is -0.558. The number of hydrogen-bond acceptors (Lipinski definition) is 8. The molecule has 1 N–H and O–H groups in total. The highest BCUT2D eigenvalue weighted by Crippen LogP contribution is 2.30. The number of methoxy groups -OCH3 is 1. The van der Waals surface area contributed by atoms with E-state index in [-0.39, 0.29) is 16.7 Å². The summed E-state index contributed by atoms with van der Waals surface area (Å²) < 4.78 is 25.6. The van der Waals surface area contributed by atoms with E-state index in [9.17, 15) is 14.0 Å². The number of ether oxygens (including phenoxy) is 2. The van der Waals surface area contributed by atoms with E-state index in [1.807, 2.05) is 0 Å². The van der Waals surface area contributed by atoms with Gasteiger partial charge in [0, 0.05) is 6.54 Å². The van der Waals surface area contributed by atoms with Gasteiger partial charge in [0.15, 0.2) is 17.1 Å². The Morgan fingerprint density at radius 3 is 2.88 bits per heavy atom. The first kappa shape index (κ1) is 24.7. The standard InChI is InChI=1S/C21H20ClFN4O4S2/c1-4-8-27-18(12(2)31-16-6-5-13(23)10-15(16)22)25-26-21(27)33-11-17(28)24-19-14(7-9-32-19)20(29)30-3/h4-7,9-10,12H,1,8,11H2,2-3H3,(H,24,28). The third-order valence-electron chi connectivity index (χ3n) is 4.27. The molecule has 0 bridgehead atoms. The molecule has 3 aromatic rings. The number of aromatic nitrogens is 3. The molecule has 2 aromatic heterocycles. The highest BCUT2D eigenvalue weighted by molar-refractivity contribution is 7.99. The maximum Gasteiger partial charge on any atom is 0.340 e. The van der Waals surface area contributed by atoms with Gasteiger partial charge in [-0.3, -0.25) is 9.36 Å². The van der Waals surface area contributed by atoms with Crippen LogP contribution in [0, 0.1) is 5.82 Å². The summed E-state index contributed by atoms with van der Waals surface area (Å²) in [6, 6.07) is 5.44. The van der Waals surface area contributed by atoms with Crippen molar-refractivity contribution >= 4 is 51.6 Å². The lowest BCUT2D eigenvalue weighted by molar-refractivity contribution is -0.113. The first-order chi connectivity index (χ1) is 15.8. The number of thioether (sulfide) groups is 1. The normalized spacial score (nSPS) is 11.6. The number of rotatable bonds is 10. The molecule has 174 valence electrons. The topological polar surface area (TPSA) is 95.3 Å². The number of nitrogens with one attached hydrogen (secondary N) is 1. The van der Waals surface area contributed by atoms with Gasteiger partial charge < -0.3 is 14.8 Å². The van der Waals surface area contributed by atoms with Gasteiger partial charge in [0.05, 0.1) is 23.4 Å². The average molecular weight is 511 g/mol. The number of anilines is 1. The number of nitrogens with zero attached hydrogens (tertiary/aromatic N) is 3. The van der Waals surface area contributed by atoms with Crippen molar-refractivity contribution in [2.45, 2.75) is 24.7 Å². The summed E-state index contributed by atoms with van der Waals surface area (Å²) in [5, 5.41) is 13.8. The van der Waals surface area contributed by atoms with Crippen LogP contribution in [0.25, 0.3) is 0 Å². The van der Waals surface area contributed by atoms with Crippen LogP contribution in [0.2, 0.25) is 5.02 Å². The summed E-state index contributed by atoms with van der Waals surface area (Å²) in [5.74, 6) is -0.469. The zero-order valence-electron chi connectivity index (χ0n) is 17.7. The van der Waals surface area contributed by atoms with Gasteiger partial charge in [-0.05, 0) is 36.6 Å². The van der Waals surface area contributed by atoms with Crippen LogP contribution in [0.15, 0.2) is 47.5 Å². The summed E-state index contributed by atoms with van der Waals surface area (Å²) in [4.78, 5) is 24.2. The van der Waals surface area contributed by atoms with Crippen molar-refractivity contribution < 1.29 is 23.5 Å². The van der Waals surface area contributed by atoms with Crippen LogP contribution in [-0.4, -0.2) is 39.5 Å². The van der Waals surface area contributed by atoms with Gasteiger partial charge in [0.1, 0.15) is 16.6 Å². The summed E-state index contributed by atoms with van der Waals surface area (Å²) in [6.07, 6.45) is 1.11. The first-order valence-corrected chi connectivity index (χ1v) is 11.8. The fourth-order valence-corrected chi connectivity index (χ4v) is 4.55. The molecule has 1 amide bonds. The van der Waals surface area contributed by atoms with Crippen LogP contribution in [0.3, 0.4) is 0 Å². The van der Waals surface area contributed by atoms with E-state index in [2.05, 4.69) is 22.1 Å². The number of esters is 1. The highest BCUT2D eigenvalue weighted by atomic mass is 35.5. The fourth-order valence-electron chi connectivity index (χ4n) is 2.79. The van der Waals surface area contributed by atoms with Crippen LogP contribution < -0.4 is 10.1 Å². The Morgan fingerprint density at radius 2 is 2.18 bits per heavy atom. The summed E-state index contributed by atoms with van der Waals surface area (Å²) in [5.41, 5.74) is 0.295. The number of allylic oxidation sites excluding steroid dienone is 1. The molecule has 3 rings (SSSR count). The third-order valence-corrected chi connectivity index (χ3v) is 6.37. The Bertz CT molecular complexity index is 1170. The molecule has 0 aliphatic rings. The molecule has 1 atom stereocenters. The van der Waals surface area contributed by atoms with E-state index in [1.54, 1.807) is 29.0 Å². The maximum absolute atomic E-state index is 13.3. The monoisotopic (exact) mass is 510 g/mol. The van der Waals surface area contributed by atoms with Crippen LogP contribution >= 0.6 is 34.7 Å². The Morgan fingerprint density at radius 1 is 1.39 bits per heavy atom. The lowest BCUT2D eigenvalue weighted by Gasteiger charge is -2.16. The molecule has 0 saturated carbocycles. The predicted molar refractivity (Wildman–Crippen MR) is 126 cm³/mol. The van der Waals surface area contributed by atoms with Gasteiger partial charge >= 0.3 is 5.97 Å². The predicted octanol–water partition coefficient (Wildman–Crippen LogP) is 4.98. The van der Waals surface area contributed by atoms with Gasteiger partial charge in [0.2, 0.25) is 5.91 Å². The van der Waals surface area contributed by atoms with Crippen LogP contribution in [0.4, 0.5) is 9.39 Å². The first-order valence-electron chi connectivity index (χ1n) is 9.58. The molecule has 33 heavy (non-hydrogen) atoms. The van der Waals surface area contributed by atoms with Crippen LogP contribution in [-0.2, 0) is 16.1 Å². The summed E-state index contributed by atoms with van der Waals surface area (Å²) in [7, 11) is 1.28. The van der Waals surface area contributed by atoms with Gasteiger partial charge in [-0.15, -0.1) is 28.1 Å². The van der Waals surface area contributed by atoms with Crippen molar-refractivity contribution in [3.05, 3.63) is 64.5 Å². The van der Waals surface area contributed by atoms with E-state index >= 15 is 0 Å². The molecule has 2 heterocycles. The molecule has 1 aromatic carbocycles. The zero-order valence-corrected chi connectivity index (χ0v) is 20.1. The van der Waals surface area contributed by atoms with Gasteiger partial charge in [-0.25, -0.2) is 9.18 Å². The molecule has 12 heteroatoms. The average Bonchev–Trinajstić information content (AvgIpc) is 3.41. The molecular formula is C21H20ClFN4O4S2. The van der Waals surface area contributed by atoms with E-state index in [4.69, 9.17) is 21.1 Å². The Labute approximate surface area is 202 Å². The molecule has 8 nitrogen and oxygen atoms in total. The molecule has 0 aliphatic heterocycles. The second-order valence-corrected chi connectivity index (χ2v) is 8.83. The molecule has 0 aliphatic carbocycles. The molecule has 0 saturated heterocycles. The SMILES string of the molecule is C=CCn1c(SCC(=O)Nc2sccc2C(=O)OC)nnc1C(C)Oc1ccc(F)cc1Cl. The summed E-state index contributed by atoms with van der Waals surface area (Å²) in [6.45, 7) is 5.90. The van der Waals surface area contributed by atoms with Crippen LogP contribution in [0.5, 0.6) is 5.75 Å². The van der Waals surface area contributed by atoms with E-state index < -0.39 is 17.9 Å². The number of carbonyl (C=O) groups is 2. The highest BCUT2D eigenvalue weighted by Gasteiger charge is 2.21. The molecule has 0 fully saturated rings. The zero-order chi connectivity index (χ0) is 24.0. The molecule has 0 spiro atoms.